The van der Waals surface area contributed by atoms with E-state index in [2.05, 4.69) is 33.8 Å². The van der Waals surface area contributed by atoms with Gasteiger partial charge in [0.05, 0.1) is 11.2 Å². The number of hydrogen-bond acceptors (Lipinski definition) is 2. The molecule has 0 aromatic rings. The minimum atomic E-state index is -0.492. The molecule has 0 saturated heterocycles. The molecule has 178 valence electrons. The Kier molecular flexibility index (Phi) is 6.26. The highest BCUT2D eigenvalue weighted by atomic mass is 16.3. The van der Waals surface area contributed by atoms with Gasteiger partial charge in [-0.15, -0.1) is 0 Å². The van der Waals surface area contributed by atoms with Crippen LogP contribution in [0.1, 0.15) is 119 Å². The topological polar surface area (TPSA) is 40.5 Å². The molecule has 0 aromatic carbocycles. The molecule has 2 nitrogen and oxygen atoms in total. The fraction of sp³-hybridized carbons (Fsp3) is 0.931. The highest BCUT2D eigenvalue weighted by Gasteiger charge is 2.59. The van der Waals surface area contributed by atoms with Crippen LogP contribution in [0.5, 0.6) is 0 Å². The molecule has 2 heteroatoms. The summed E-state index contributed by atoms with van der Waals surface area (Å²) in [4.78, 5) is 0. The molecule has 4 rings (SSSR count). The van der Waals surface area contributed by atoms with Gasteiger partial charge in [0.15, 0.2) is 0 Å². The third-order valence-electron chi connectivity index (χ3n) is 11.1. The molecule has 9 atom stereocenters. The van der Waals surface area contributed by atoms with Gasteiger partial charge in [-0.05, 0) is 125 Å². The van der Waals surface area contributed by atoms with Crippen LogP contribution < -0.4 is 0 Å². The van der Waals surface area contributed by atoms with E-state index in [1.807, 2.05) is 13.8 Å². The summed E-state index contributed by atoms with van der Waals surface area (Å²) in [6.07, 6.45) is 16.5. The molecule has 0 spiro atoms. The Morgan fingerprint density at radius 2 is 1.81 bits per heavy atom. The molecule has 4 aliphatic rings. The van der Waals surface area contributed by atoms with E-state index in [4.69, 9.17) is 0 Å². The summed E-state index contributed by atoms with van der Waals surface area (Å²) in [6, 6.07) is 0. The number of hydrogen-bond donors (Lipinski definition) is 2. The number of aliphatic hydroxyl groups is 2. The summed E-state index contributed by atoms with van der Waals surface area (Å²) in [7, 11) is 0. The molecule has 2 N–H and O–H groups in total. The predicted molar refractivity (Wildman–Crippen MR) is 130 cm³/mol. The Balaban J connectivity index is 1.48. The van der Waals surface area contributed by atoms with Gasteiger partial charge < -0.3 is 10.2 Å². The first-order chi connectivity index (χ1) is 14.4. The van der Waals surface area contributed by atoms with Gasteiger partial charge in [-0.3, -0.25) is 0 Å². The van der Waals surface area contributed by atoms with Crippen LogP contribution in [-0.2, 0) is 0 Å². The maximum Gasteiger partial charge on any atom is 0.0657 e. The van der Waals surface area contributed by atoms with Crippen LogP contribution in [0.25, 0.3) is 0 Å². The molecule has 4 aliphatic carbocycles. The smallest absolute Gasteiger partial charge is 0.0657 e. The second-order valence-electron chi connectivity index (χ2n) is 13.4. The van der Waals surface area contributed by atoms with Gasteiger partial charge >= 0.3 is 0 Å². The summed E-state index contributed by atoms with van der Waals surface area (Å²) < 4.78 is 0. The maximum absolute atomic E-state index is 10.7. The average molecular weight is 431 g/mol. The van der Waals surface area contributed by atoms with Crippen molar-refractivity contribution in [2.24, 2.45) is 40.4 Å². The fourth-order valence-electron chi connectivity index (χ4n) is 9.18. The zero-order valence-corrected chi connectivity index (χ0v) is 21.3. The van der Waals surface area contributed by atoms with Crippen molar-refractivity contribution >= 4 is 0 Å². The number of fused-ring (bicyclic) bond motifs is 5. The molecule has 2 unspecified atom stereocenters. The Hall–Kier alpha value is -0.340. The lowest BCUT2D eigenvalue weighted by Crippen LogP contribution is -2.52. The van der Waals surface area contributed by atoms with Gasteiger partial charge in [-0.1, -0.05) is 45.8 Å². The molecular weight excluding hydrogens is 380 g/mol. The van der Waals surface area contributed by atoms with Crippen LogP contribution in [0.2, 0.25) is 0 Å². The highest BCUT2D eigenvalue weighted by Crippen LogP contribution is 2.67. The first-order valence-corrected chi connectivity index (χ1v) is 13.6. The molecule has 0 aromatic heterocycles. The van der Waals surface area contributed by atoms with Gasteiger partial charge in [-0.25, -0.2) is 0 Å². The van der Waals surface area contributed by atoms with Crippen molar-refractivity contribution < 1.29 is 10.2 Å². The van der Waals surface area contributed by atoms with Crippen LogP contribution in [0.4, 0.5) is 0 Å². The van der Waals surface area contributed by atoms with Crippen LogP contribution >= 0.6 is 0 Å². The van der Waals surface area contributed by atoms with Crippen LogP contribution in [0.15, 0.2) is 11.6 Å². The normalized spacial score (nSPS) is 47.5. The summed E-state index contributed by atoms with van der Waals surface area (Å²) >= 11 is 0. The minimum Gasteiger partial charge on any atom is -0.390 e. The van der Waals surface area contributed by atoms with Crippen molar-refractivity contribution in [3.05, 3.63) is 11.6 Å². The number of allylic oxidation sites excluding steroid dienone is 1. The standard InChI is InChI=1S/C29H50O2/c1-7-14-26(3,30)15-12-20(2)23-10-11-24-22-9-8-21-19-27(4,31)17-18-28(21,5)25(22)13-16-29(23,24)6/h8,20,22-25,30-31H,7,9-19H2,1-6H3/t20-,22+,23?,24+,25+,26?,27+,28+,29-/m1/s1. The van der Waals surface area contributed by atoms with E-state index >= 15 is 0 Å². The first-order valence-electron chi connectivity index (χ1n) is 13.6. The zero-order chi connectivity index (χ0) is 22.7. The predicted octanol–water partition coefficient (Wildman–Crippen LogP) is 7.28. The van der Waals surface area contributed by atoms with Crippen LogP contribution in [0.3, 0.4) is 0 Å². The lowest BCUT2D eigenvalue weighted by Gasteiger charge is -2.59. The van der Waals surface area contributed by atoms with Crippen molar-refractivity contribution in [3.8, 4) is 0 Å². The van der Waals surface area contributed by atoms with E-state index in [1.54, 1.807) is 5.57 Å². The van der Waals surface area contributed by atoms with Crippen molar-refractivity contribution in [1.29, 1.82) is 0 Å². The second-order valence-corrected chi connectivity index (χ2v) is 13.4. The van der Waals surface area contributed by atoms with Gasteiger partial charge in [0.25, 0.3) is 0 Å². The summed E-state index contributed by atoms with van der Waals surface area (Å²) in [6.45, 7) is 13.9. The molecular formula is C29H50O2. The monoisotopic (exact) mass is 430 g/mol. The summed E-state index contributed by atoms with van der Waals surface area (Å²) in [5, 5.41) is 21.4. The Morgan fingerprint density at radius 1 is 1.06 bits per heavy atom. The molecule has 3 fully saturated rings. The Labute approximate surface area is 192 Å². The van der Waals surface area contributed by atoms with Crippen molar-refractivity contribution in [3.63, 3.8) is 0 Å². The second kappa shape index (κ2) is 8.15. The van der Waals surface area contributed by atoms with Crippen LogP contribution in [0, 0.1) is 40.4 Å². The molecule has 0 radical (unpaired) electrons. The van der Waals surface area contributed by atoms with Gasteiger partial charge in [0.2, 0.25) is 0 Å². The minimum absolute atomic E-state index is 0.328. The first kappa shape index (κ1) is 23.8. The summed E-state index contributed by atoms with van der Waals surface area (Å²) in [5.41, 5.74) is 1.41. The maximum atomic E-state index is 10.7. The summed E-state index contributed by atoms with van der Waals surface area (Å²) in [5.74, 6) is 4.06. The van der Waals surface area contributed by atoms with Crippen molar-refractivity contribution in [2.45, 2.75) is 130 Å². The van der Waals surface area contributed by atoms with Crippen molar-refractivity contribution in [1.82, 2.24) is 0 Å². The Bertz CT molecular complexity index is 691. The lowest BCUT2D eigenvalue weighted by atomic mass is 9.46. The van der Waals surface area contributed by atoms with Gasteiger partial charge in [0, 0.05) is 0 Å². The quantitative estimate of drug-likeness (QED) is 0.434. The average Bonchev–Trinajstić information content (AvgIpc) is 3.04. The van der Waals surface area contributed by atoms with Crippen LogP contribution in [-0.4, -0.2) is 21.4 Å². The highest BCUT2D eigenvalue weighted by molar-refractivity contribution is 5.26. The third kappa shape index (κ3) is 4.18. The van der Waals surface area contributed by atoms with E-state index in [0.717, 1.165) is 55.8 Å². The van der Waals surface area contributed by atoms with E-state index in [-0.39, 0.29) is 0 Å². The molecule has 0 heterocycles. The van der Waals surface area contributed by atoms with E-state index in [0.29, 0.717) is 16.7 Å². The van der Waals surface area contributed by atoms with E-state index < -0.39 is 11.2 Å². The van der Waals surface area contributed by atoms with Crippen molar-refractivity contribution in [2.75, 3.05) is 0 Å². The van der Waals surface area contributed by atoms with Gasteiger partial charge in [-0.2, -0.15) is 0 Å². The largest absolute Gasteiger partial charge is 0.390 e. The third-order valence-corrected chi connectivity index (χ3v) is 11.1. The molecule has 31 heavy (non-hydrogen) atoms. The molecule has 0 amide bonds. The fourth-order valence-corrected chi connectivity index (χ4v) is 9.18. The Morgan fingerprint density at radius 3 is 2.52 bits per heavy atom. The zero-order valence-electron chi connectivity index (χ0n) is 21.3. The van der Waals surface area contributed by atoms with E-state index in [9.17, 15) is 10.2 Å². The number of rotatable bonds is 6. The molecule has 0 aliphatic heterocycles. The van der Waals surface area contributed by atoms with Gasteiger partial charge in [0.1, 0.15) is 0 Å². The SMILES string of the molecule is CCCC(C)(O)CC[C@@H](C)C1CC[C@H]2[C@@H]3CC=C4C[C@@](C)(O)CC[C@]4(C)[C@H]3CC[C@]12C. The molecule has 3 saturated carbocycles. The lowest BCUT2D eigenvalue weighted by molar-refractivity contribution is -0.0715. The van der Waals surface area contributed by atoms with E-state index in [1.165, 1.54) is 44.9 Å². The molecule has 0 bridgehead atoms.